The van der Waals surface area contributed by atoms with Crippen molar-refractivity contribution >= 4 is 7.75 Å². The molecule has 2 atom stereocenters. The molecule has 0 amide bonds. The topological polar surface area (TPSA) is 60.8 Å². The molecule has 3 heterocycles. The van der Waals surface area contributed by atoms with Crippen LogP contribution in [0.2, 0.25) is 0 Å². The highest BCUT2D eigenvalue weighted by molar-refractivity contribution is 7.51. The van der Waals surface area contributed by atoms with Crippen molar-refractivity contribution in [2.75, 3.05) is 13.1 Å². The molecule has 1 fully saturated rings. The lowest BCUT2D eigenvalue weighted by atomic mass is 9.84. The van der Waals surface area contributed by atoms with Crippen LogP contribution in [-0.2, 0) is 20.2 Å². The first kappa shape index (κ1) is 17.9. The summed E-state index contributed by atoms with van der Waals surface area (Å²) in [5.41, 5.74) is 1.08. The highest BCUT2D eigenvalue weighted by Gasteiger charge is 2.44. The van der Waals surface area contributed by atoms with E-state index in [-0.39, 0.29) is 29.6 Å². The summed E-state index contributed by atoms with van der Waals surface area (Å²) in [6.07, 6.45) is 0.668. The van der Waals surface area contributed by atoms with Gasteiger partial charge in [0, 0.05) is 37.3 Å². The van der Waals surface area contributed by atoms with Crippen LogP contribution in [0.25, 0.3) is 0 Å². The average molecular weight is 354 g/mol. The van der Waals surface area contributed by atoms with Crippen LogP contribution in [0.15, 0.2) is 23.0 Å². The van der Waals surface area contributed by atoms with Crippen LogP contribution in [-0.4, -0.2) is 34.5 Å². The molecule has 0 spiro atoms. The van der Waals surface area contributed by atoms with Gasteiger partial charge in [0.05, 0.1) is 12.2 Å². The standard InChI is InChI=1S/C17H27N2O4P/c1-12(2)22-24(21,23-13(3)4)18-9-14-8-15(11-18)16-6-5-7-17(20)19(16)10-14/h5-7,12-15H,8-11H2,1-4H3/t14-,15+/m0/s1. The van der Waals surface area contributed by atoms with Gasteiger partial charge in [-0.15, -0.1) is 0 Å². The van der Waals surface area contributed by atoms with Crippen molar-refractivity contribution in [3.63, 3.8) is 0 Å². The van der Waals surface area contributed by atoms with E-state index < -0.39 is 7.75 Å². The van der Waals surface area contributed by atoms with E-state index in [4.69, 9.17) is 9.05 Å². The maximum absolute atomic E-state index is 13.4. The molecule has 0 saturated carbocycles. The summed E-state index contributed by atoms with van der Waals surface area (Å²) < 4.78 is 28.7. The maximum atomic E-state index is 13.4. The minimum Gasteiger partial charge on any atom is -0.312 e. The second-order valence-electron chi connectivity index (χ2n) is 7.35. The highest BCUT2D eigenvalue weighted by Crippen LogP contribution is 2.57. The highest BCUT2D eigenvalue weighted by atomic mass is 31.2. The van der Waals surface area contributed by atoms with Gasteiger partial charge >= 0.3 is 7.75 Å². The van der Waals surface area contributed by atoms with Crippen molar-refractivity contribution in [2.24, 2.45) is 5.92 Å². The summed E-state index contributed by atoms with van der Waals surface area (Å²) in [6.45, 7) is 9.38. The van der Waals surface area contributed by atoms with E-state index in [0.717, 1.165) is 12.1 Å². The molecule has 0 aliphatic carbocycles. The fourth-order valence-corrected chi connectivity index (χ4v) is 5.97. The molecular formula is C17H27N2O4P. The maximum Gasteiger partial charge on any atom is 0.408 e. The van der Waals surface area contributed by atoms with Gasteiger partial charge in [-0.2, -0.15) is 0 Å². The largest absolute Gasteiger partial charge is 0.408 e. The Hall–Kier alpha value is -0.940. The number of hydrogen-bond acceptors (Lipinski definition) is 4. The van der Waals surface area contributed by atoms with Crippen LogP contribution in [0.1, 0.15) is 45.7 Å². The molecule has 0 aromatic carbocycles. The molecule has 0 unspecified atom stereocenters. The third-order valence-electron chi connectivity index (χ3n) is 4.49. The van der Waals surface area contributed by atoms with Crippen molar-refractivity contribution in [1.29, 1.82) is 0 Å². The van der Waals surface area contributed by atoms with Crippen LogP contribution in [0, 0.1) is 5.92 Å². The molecule has 0 radical (unpaired) electrons. The zero-order valence-electron chi connectivity index (χ0n) is 14.8. The summed E-state index contributed by atoms with van der Waals surface area (Å²) >= 11 is 0. The lowest BCUT2D eigenvalue weighted by Crippen LogP contribution is -2.46. The normalized spacial score (nSPS) is 24.4. The van der Waals surface area contributed by atoms with Crippen LogP contribution in [0.3, 0.4) is 0 Å². The molecule has 1 aromatic heterocycles. The Kier molecular flexibility index (Phi) is 5.03. The van der Waals surface area contributed by atoms with E-state index in [9.17, 15) is 9.36 Å². The van der Waals surface area contributed by atoms with E-state index in [1.165, 1.54) is 0 Å². The Labute approximate surface area is 143 Å². The molecular weight excluding hydrogens is 327 g/mol. The van der Waals surface area contributed by atoms with Crippen molar-refractivity contribution in [3.8, 4) is 0 Å². The first-order valence-electron chi connectivity index (χ1n) is 8.70. The third-order valence-corrected chi connectivity index (χ3v) is 6.89. The Morgan fingerprint density at radius 1 is 1.08 bits per heavy atom. The molecule has 2 bridgehead atoms. The SMILES string of the molecule is CC(C)OP(=O)(OC(C)C)N1C[C@@H]2C[C@H](C1)c1cccc(=O)n1C2. The van der Waals surface area contributed by atoms with Gasteiger partial charge in [-0.05, 0) is 46.1 Å². The van der Waals surface area contributed by atoms with Gasteiger partial charge in [-0.25, -0.2) is 9.24 Å². The molecule has 2 aliphatic heterocycles. The lowest BCUT2D eigenvalue weighted by Gasteiger charge is -2.44. The zero-order valence-corrected chi connectivity index (χ0v) is 15.7. The summed E-state index contributed by atoms with van der Waals surface area (Å²) in [4.78, 5) is 12.1. The van der Waals surface area contributed by atoms with E-state index in [0.29, 0.717) is 19.6 Å². The van der Waals surface area contributed by atoms with Crippen LogP contribution in [0.5, 0.6) is 0 Å². The monoisotopic (exact) mass is 354 g/mol. The van der Waals surface area contributed by atoms with Gasteiger partial charge in [0.15, 0.2) is 0 Å². The minimum absolute atomic E-state index is 0.0516. The number of hydrogen-bond donors (Lipinski definition) is 0. The summed E-state index contributed by atoms with van der Waals surface area (Å²) in [5, 5.41) is 0. The van der Waals surface area contributed by atoms with Gasteiger partial charge in [-0.1, -0.05) is 6.07 Å². The van der Waals surface area contributed by atoms with Crippen molar-refractivity contribution in [1.82, 2.24) is 9.24 Å². The van der Waals surface area contributed by atoms with E-state index in [2.05, 4.69) is 0 Å². The Bertz CT molecular complexity index is 686. The molecule has 0 N–H and O–H groups in total. The third kappa shape index (κ3) is 3.52. The molecule has 134 valence electrons. The average Bonchev–Trinajstić information content (AvgIpc) is 2.46. The summed E-state index contributed by atoms with van der Waals surface area (Å²) in [6, 6.07) is 5.42. The predicted octanol–water partition coefficient (Wildman–Crippen LogP) is 3.23. The number of piperidine rings is 1. The quantitative estimate of drug-likeness (QED) is 0.760. The molecule has 2 aliphatic rings. The van der Waals surface area contributed by atoms with Crippen molar-refractivity contribution < 1.29 is 13.6 Å². The predicted molar refractivity (Wildman–Crippen MR) is 93.2 cm³/mol. The smallest absolute Gasteiger partial charge is 0.312 e. The molecule has 24 heavy (non-hydrogen) atoms. The second kappa shape index (κ2) is 6.75. The molecule has 7 heteroatoms. The van der Waals surface area contributed by atoms with Crippen LogP contribution < -0.4 is 5.56 Å². The summed E-state index contributed by atoms with van der Waals surface area (Å²) in [7, 11) is -3.34. The van der Waals surface area contributed by atoms with Gasteiger partial charge in [0.25, 0.3) is 5.56 Å². The number of pyridine rings is 1. The van der Waals surface area contributed by atoms with Gasteiger partial charge in [-0.3, -0.25) is 13.8 Å². The first-order valence-corrected chi connectivity index (χ1v) is 10.2. The lowest BCUT2D eigenvalue weighted by molar-refractivity contribution is 0.0796. The van der Waals surface area contributed by atoms with Crippen LogP contribution >= 0.6 is 7.75 Å². The van der Waals surface area contributed by atoms with E-state index in [1.807, 2.05) is 49.1 Å². The van der Waals surface area contributed by atoms with Gasteiger partial charge in [0.1, 0.15) is 0 Å². The Balaban J connectivity index is 1.90. The van der Waals surface area contributed by atoms with E-state index in [1.54, 1.807) is 6.07 Å². The molecule has 6 nitrogen and oxygen atoms in total. The first-order chi connectivity index (χ1) is 11.3. The zero-order chi connectivity index (χ0) is 17.5. The fourth-order valence-electron chi connectivity index (χ4n) is 3.76. The second-order valence-corrected chi connectivity index (χ2v) is 9.27. The minimum atomic E-state index is -3.34. The van der Waals surface area contributed by atoms with E-state index >= 15 is 0 Å². The number of nitrogens with zero attached hydrogens (tertiary/aromatic N) is 2. The summed E-state index contributed by atoms with van der Waals surface area (Å²) in [5.74, 6) is 0.474. The number of rotatable bonds is 5. The van der Waals surface area contributed by atoms with Crippen LogP contribution in [0.4, 0.5) is 0 Å². The molecule has 1 aromatic rings. The van der Waals surface area contributed by atoms with Crippen molar-refractivity contribution in [3.05, 3.63) is 34.2 Å². The molecule has 3 rings (SSSR count). The number of aromatic nitrogens is 1. The van der Waals surface area contributed by atoms with Crippen molar-refractivity contribution in [2.45, 2.75) is 58.8 Å². The Morgan fingerprint density at radius 3 is 2.38 bits per heavy atom. The molecule has 1 saturated heterocycles. The Morgan fingerprint density at radius 2 is 1.75 bits per heavy atom. The fraction of sp³-hybridized carbons (Fsp3) is 0.706. The number of fused-ring (bicyclic) bond motifs is 4. The van der Waals surface area contributed by atoms with Gasteiger partial charge < -0.3 is 4.57 Å². The van der Waals surface area contributed by atoms with Gasteiger partial charge in [0.2, 0.25) is 0 Å².